The maximum absolute atomic E-state index is 12.3. The Labute approximate surface area is 128 Å². The molecule has 2 fully saturated rings. The molecular weight excluding hydrogens is 320 g/mol. The van der Waals surface area contributed by atoms with Gasteiger partial charge in [-0.25, -0.2) is 0 Å². The van der Waals surface area contributed by atoms with E-state index in [1.54, 1.807) is 12.1 Å². The van der Waals surface area contributed by atoms with Gasteiger partial charge in [-0.3, -0.25) is 4.79 Å². The average molecular weight is 341 g/mol. The van der Waals surface area contributed by atoms with E-state index in [9.17, 15) is 4.79 Å². The minimum Gasteiger partial charge on any atom is -0.444 e. The molecule has 1 aromatic rings. The van der Waals surface area contributed by atoms with Gasteiger partial charge in [0.25, 0.3) is 5.91 Å². The molecule has 1 amide bonds. The van der Waals surface area contributed by atoms with Crippen LogP contribution in [-0.4, -0.2) is 48.4 Å². The second-order valence-electron chi connectivity index (χ2n) is 5.85. The van der Waals surface area contributed by atoms with Crippen LogP contribution >= 0.6 is 15.9 Å². The normalized spacial score (nSPS) is 21.6. The van der Waals surface area contributed by atoms with Crippen LogP contribution in [0, 0.1) is 5.92 Å². The van der Waals surface area contributed by atoms with Gasteiger partial charge in [0.2, 0.25) is 0 Å². The zero-order valence-corrected chi connectivity index (χ0v) is 13.3. The molecule has 0 unspecified atom stereocenters. The van der Waals surface area contributed by atoms with Crippen molar-refractivity contribution in [2.45, 2.75) is 25.7 Å². The number of carbonyl (C=O) groups excluding carboxylic acids is 1. The highest BCUT2D eigenvalue weighted by atomic mass is 79.9. The Morgan fingerprint density at radius 2 is 1.90 bits per heavy atom. The van der Waals surface area contributed by atoms with Gasteiger partial charge < -0.3 is 14.2 Å². The van der Waals surface area contributed by atoms with Crippen LogP contribution in [-0.2, 0) is 0 Å². The molecule has 3 heterocycles. The van der Waals surface area contributed by atoms with Crippen LogP contribution in [0.1, 0.15) is 36.2 Å². The van der Waals surface area contributed by atoms with Gasteiger partial charge in [0, 0.05) is 19.6 Å². The van der Waals surface area contributed by atoms with Crippen molar-refractivity contribution in [1.82, 2.24) is 9.80 Å². The van der Waals surface area contributed by atoms with Gasteiger partial charge in [0.1, 0.15) is 0 Å². The number of rotatable bonds is 3. The van der Waals surface area contributed by atoms with E-state index >= 15 is 0 Å². The Morgan fingerprint density at radius 3 is 2.50 bits per heavy atom. The summed E-state index contributed by atoms with van der Waals surface area (Å²) in [6.45, 7) is 5.46. The number of nitrogens with zero attached hydrogens (tertiary/aromatic N) is 2. The molecule has 110 valence electrons. The zero-order valence-electron chi connectivity index (χ0n) is 11.7. The second-order valence-corrected chi connectivity index (χ2v) is 6.63. The fourth-order valence-electron chi connectivity index (χ4n) is 3.23. The number of carbonyl (C=O) groups is 1. The minimum atomic E-state index is 0.0234. The summed E-state index contributed by atoms with van der Waals surface area (Å²) in [4.78, 5) is 16.8. The van der Waals surface area contributed by atoms with E-state index in [0.29, 0.717) is 10.4 Å². The SMILES string of the molecule is O=C(c1ccc(Br)o1)N1CCC(CN2CCCC2)CC1. The number of halogens is 1. The van der Waals surface area contributed by atoms with E-state index in [1.807, 2.05) is 4.90 Å². The predicted octanol–water partition coefficient (Wildman–Crippen LogP) is 2.99. The molecule has 2 aliphatic heterocycles. The molecule has 0 atom stereocenters. The Morgan fingerprint density at radius 1 is 1.20 bits per heavy atom. The van der Waals surface area contributed by atoms with E-state index in [2.05, 4.69) is 20.8 Å². The molecule has 20 heavy (non-hydrogen) atoms. The number of hydrogen-bond acceptors (Lipinski definition) is 3. The van der Waals surface area contributed by atoms with Crippen LogP contribution in [0.15, 0.2) is 21.2 Å². The number of hydrogen-bond donors (Lipinski definition) is 0. The van der Waals surface area contributed by atoms with E-state index < -0.39 is 0 Å². The van der Waals surface area contributed by atoms with Crippen LogP contribution in [0.2, 0.25) is 0 Å². The molecule has 0 bridgehead atoms. The van der Waals surface area contributed by atoms with Crippen molar-refractivity contribution >= 4 is 21.8 Å². The topological polar surface area (TPSA) is 36.7 Å². The molecule has 3 rings (SSSR count). The highest BCUT2D eigenvalue weighted by molar-refractivity contribution is 9.10. The van der Waals surface area contributed by atoms with Crippen LogP contribution in [0.25, 0.3) is 0 Å². The van der Waals surface area contributed by atoms with E-state index in [-0.39, 0.29) is 5.91 Å². The van der Waals surface area contributed by atoms with Crippen LogP contribution in [0.5, 0.6) is 0 Å². The molecule has 0 aromatic carbocycles. The lowest BCUT2D eigenvalue weighted by molar-refractivity contribution is 0.0640. The smallest absolute Gasteiger partial charge is 0.289 e. The summed E-state index contributed by atoms with van der Waals surface area (Å²) in [5.74, 6) is 1.21. The van der Waals surface area contributed by atoms with Crippen molar-refractivity contribution in [1.29, 1.82) is 0 Å². The third-order valence-corrected chi connectivity index (χ3v) is 4.83. The highest BCUT2D eigenvalue weighted by Crippen LogP contribution is 2.23. The first-order valence-electron chi connectivity index (χ1n) is 7.49. The first-order valence-corrected chi connectivity index (χ1v) is 8.28. The van der Waals surface area contributed by atoms with Gasteiger partial charge in [-0.15, -0.1) is 0 Å². The molecular formula is C15H21BrN2O2. The summed E-state index contributed by atoms with van der Waals surface area (Å²) < 4.78 is 5.97. The summed E-state index contributed by atoms with van der Waals surface area (Å²) in [6.07, 6.45) is 4.93. The zero-order chi connectivity index (χ0) is 13.9. The molecule has 1 aromatic heterocycles. The van der Waals surface area contributed by atoms with Crippen molar-refractivity contribution in [3.8, 4) is 0 Å². The van der Waals surface area contributed by atoms with Gasteiger partial charge >= 0.3 is 0 Å². The molecule has 5 heteroatoms. The number of amides is 1. The van der Waals surface area contributed by atoms with Gasteiger partial charge in [0.15, 0.2) is 10.4 Å². The molecule has 4 nitrogen and oxygen atoms in total. The molecule has 0 aliphatic carbocycles. The summed E-state index contributed by atoms with van der Waals surface area (Å²) >= 11 is 3.24. The largest absolute Gasteiger partial charge is 0.444 e. The molecule has 0 spiro atoms. The van der Waals surface area contributed by atoms with Crippen molar-refractivity contribution in [2.75, 3.05) is 32.7 Å². The van der Waals surface area contributed by atoms with Crippen LogP contribution in [0.4, 0.5) is 0 Å². The summed E-state index contributed by atoms with van der Waals surface area (Å²) in [7, 11) is 0. The molecule has 0 saturated carbocycles. The first-order chi connectivity index (χ1) is 9.72. The average Bonchev–Trinajstić information content (AvgIpc) is 3.10. The van der Waals surface area contributed by atoms with Crippen molar-refractivity contribution in [3.63, 3.8) is 0 Å². The predicted molar refractivity (Wildman–Crippen MR) is 80.7 cm³/mol. The van der Waals surface area contributed by atoms with Crippen molar-refractivity contribution in [3.05, 3.63) is 22.6 Å². The summed E-state index contributed by atoms with van der Waals surface area (Å²) in [5, 5.41) is 0. The van der Waals surface area contributed by atoms with Gasteiger partial charge in [-0.1, -0.05) is 0 Å². The Hall–Kier alpha value is -0.810. The maximum atomic E-state index is 12.3. The van der Waals surface area contributed by atoms with Gasteiger partial charge in [-0.05, 0) is 72.8 Å². The van der Waals surface area contributed by atoms with Gasteiger partial charge in [-0.2, -0.15) is 0 Å². The fourth-order valence-corrected chi connectivity index (χ4v) is 3.54. The van der Waals surface area contributed by atoms with E-state index in [1.165, 1.54) is 32.5 Å². The quantitative estimate of drug-likeness (QED) is 0.848. The number of furan rings is 1. The number of piperidine rings is 1. The third kappa shape index (κ3) is 3.26. The second kappa shape index (κ2) is 6.31. The molecule has 0 radical (unpaired) electrons. The Bertz CT molecular complexity index is 460. The van der Waals surface area contributed by atoms with Crippen LogP contribution < -0.4 is 0 Å². The Kier molecular flexibility index (Phi) is 4.46. The summed E-state index contributed by atoms with van der Waals surface area (Å²) in [6, 6.07) is 3.51. The van der Waals surface area contributed by atoms with E-state index in [4.69, 9.17) is 4.42 Å². The lowest BCUT2D eigenvalue weighted by Gasteiger charge is -2.33. The molecule has 0 N–H and O–H groups in total. The highest BCUT2D eigenvalue weighted by Gasteiger charge is 2.26. The molecule has 2 saturated heterocycles. The third-order valence-electron chi connectivity index (χ3n) is 4.40. The monoisotopic (exact) mass is 340 g/mol. The van der Waals surface area contributed by atoms with Crippen molar-refractivity contribution < 1.29 is 9.21 Å². The van der Waals surface area contributed by atoms with Crippen molar-refractivity contribution in [2.24, 2.45) is 5.92 Å². The van der Waals surface area contributed by atoms with Gasteiger partial charge in [0.05, 0.1) is 0 Å². The molecule has 2 aliphatic rings. The van der Waals surface area contributed by atoms with Crippen LogP contribution in [0.3, 0.4) is 0 Å². The Balaban J connectivity index is 1.49. The lowest BCUT2D eigenvalue weighted by Crippen LogP contribution is -2.41. The fraction of sp³-hybridized carbons (Fsp3) is 0.667. The standard InChI is InChI=1S/C15H21BrN2O2/c16-14-4-3-13(20-14)15(19)18-9-5-12(6-10-18)11-17-7-1-2-8-17/h3-4,12H,1-2,5-11H2. The number of likely N-dealkylation sites (tertiary alicyclic amines) is 2. The maximum Gasteiger partial charge on any atom is 0.289 e. The van der Waals surface area contributed by atoms with E-state index in [0.717, 1.165) is 31.8 Å². The lowest BCUT2D eigenvalue weighted by atomic mass is 9.96. The first kappa shape index (κ1) is 14.1. The minimum absolute atomic E-state index is 0.0234. The summed E-state index contributed by atoms with van der Waals surface area (Å²) in [5.41, 5.74) is 0.